The number of rotatable bonds is 4. The molecule has 0 saturated carbocycles. The van der Waals surface area contributed by atoms with Crippen molar-refractivity contribution in [2.24, 2.45) is 0 Å². The summed E-state index contributed by atoms with van der Waals surface area (Å²) in [6.45, 7) is 0. The minimum Gasteiger partial charge on any atom is -0.496 e. The van der Waals surface area contributed by atoms with E-state index in [0.29, 0.717) is 10.7 Å². The van der Waals surface area contributed by atoms with Crippen molar-refractivity contribution in [2.75, 3.05) is 24.9 Å². The Labute approximate surface area is 148 Å². The van der Waals surface area contributed by atoms with Gasteiger partial charge in [0.2, 0.25) is 0 Å². The Hall–Kier alpha value is -2.44. The van der Waals surface area contributed by atoms with Crippen LogP contribution in [0.2, 0.25) is 10.0 Å². The van der Waals surface area contributed by atoms with Crippen molar-refractivity contribution in [1.29, 1.82) is 0 Å². The van der Waals surface area contributed by atoms with Crippen molar-refractivity contribution in [3.05, 3.63) is 52.0 Å². The van der Waals surface area contributed by atoms with Gasteiger partial charge in [-0.25, -0.2) is 9.59 Å². The molecule has 0 bridgehead atoms. The predicted molar refractivity (Wildman–Crippen MR) is 93.4 cm³/mol. The SMILES string of the molecule is COC(=O)c1cc(Cl)c(NC(=O)Nc2ccc(Cl)cc2)cc1OC. The number of halogens is 2. The van der Waals surface area contributed by atoms with E-state index in [1.165, 1.54) is 26.4 Å². The van der Waals surface area contributed by atoms with Gasteiger partial charge in [-0.15, -0.1) is 0 Å². The summed E-state index contributed by atoms with van der Waals surface area (Å²) in [6, 6.07) is 8.92. The van der Waals surface area contributed by atoms with Crippen LogP contribution in [0.25, 0.3) is 0 Å². The average Bonchev–Trinajstić information content (AvgIpc) is 2.57. The zero-order chi connectivity index (χ0) is 17.7. The van der Waals surface area contributed by atoms with E-state index < -0.39 is 12.0 Å². The van der Waals surface area contributed by atoms with Crippen LogP contribution in [0.15, 0.2) is 36.4 Å². The van der Waals surface area contributed by atoms with Gasteiger partial charge in [0.15, 0.2) is 0 Å². The smallest absolute Gasteiger partial charge is 0.341 e. The number of amides is 2. The molecule has 0 aromatic heterocycles. The normalized spacial score (nSPS) is 10.0. The number of methoxy groups -OCH3 is 2. The predicted octanol–water partition coefficient (Wildman–Crippen LogP) is 4.43. The van der Waals surface area contributed by atoms with Crippen molar-refractivity contribution >= 4 is 46.6 Å². The average molecular weight is 369 g/mol. The Balaban J connectivity index is 2.18. The number of hydrogen-bond acceptors (Lipinski definition) is 4. The van der Waals surface area contributed by atoms with Crippen LogP contribution < -0.4 is 15.4 Å². The molecule has 0 aliphatic heterocycles. The molecular weight excluding hydrogens is 355 g/mol. The summed E-state index contributed by atoms with van der Waals surface area (Å²) in [5, 5.41) is 5.95. The van der Waals surface area contributed by atoms with E-state index in [1.807, 2.05) is 0 Å². The summed E-state index contributed by atoms with van der Waals surface area (Å²) in [5.74, 6) is -0.362. The fourth-order valence-corrected chi connectivity index (χ4v) is 2.24. The lowest BCUT2D eigenvalue weighted by Crippen LogP contribution is -2.20. The molecule has 0 spiro atoms. The quantitative estimate of drug-likeness (QED) is 0.782. The second-order valence-electron chi connectivity index (χ2n) is 4.61. The molecule has 8 heteroatoms. The summed E-state index contributed by atoms with van der Waals surface area (Å²) in [6.07, 6.45) is 0. The van der Waals surface area contributed by atoms with Crippen LogP contribution in [0.1, 0.15) is 10.4 Å². The Morgan fingerprint density at radius 2 is 1.67 bits per heavy atom. The minimum absolute atomic E-state index is 0.161. The highest BCUT2D eigenvalue weighted by molar-refractivity contribution is 6.34. The maximum atomic E-state index is 12.0. The molecule has 2 aromatic carbocycles. The lowest BCUT2D eigenvalue weighted by atomic mass is 10.2. The molecule has 2 rings (SSSR count). The van der Waals surface area contributed by atoms with Crippen molar-refractivity contribution in [1.82, 2.24) is 0 Å². The van der Waals surface area contributed by atoms with Crippen LogP contribution in [0, 0.1) is 0 Å². The van der Waals surface area contributed by atoms with Crippen molar-refractivity contribution in [3.8, 4) is 5.75 Å². The first-order valence-corrected chi connectivity index (χ1v) is 7.49. The molecule has 0 aliphatic carbocycles. The second kappa shape index (κ2) is 7.90. The molecule has 6 nitrogen and oxygen atoms in total. The van der Waals surface area contributed by atoms with Crippen LogP contribution in [-0.4, -0.2) is 26.2 Å². The van der Waals surface area contributed by atoms with Gasteiger partial charge in [0.1, 0.15) is 11.3 Å². The Morgan fingerprint density at radius 1 is 1.00 bits per heavy atom. The van der Waals surface area contributed by atoms with Crippen LogP contribution >= 0.6 is 23.2 Å². The van der Waals surface area contributed by atoms with Crippen LogP contribution in [0.5, 0.6) is 5.75 Å². The Bertz CT molecular complexity index is 763. The van der Waals surface area contributed by atoms with Gasteiger partial charge in [-0.3, -0.25) is 0 Å². The third kappa shape index (κ3) is 4.31. The third-order valence-corrected chi connectivity index (χ3v) is 3.61. The fraction of sp³-hybridized carbons (Fsp3) is 0.125. The molecule has 0 heterocycles. The van der Waals surface area contributed by atoms with Gasteiger partial charge in [0.05, 0.1) is 24.9 Å². The number of benzene rings is 2. The molecule has 126 valence electrons. The maximum Gasteiger partial charge on any atom is 0.341 e. The molecular formula is C16H14Cl2N2O4. The first kappa shape index (κ1) is 17.9. The van der Waals surface area contributed by atoms with Crippen molar-refractivity contribution in [3.63, 3.8) is 0 Å². The van der Waals surface area contributed by atoms with E-state index in [2.05, 4.69) is 15.4 Å². The molecule has 0 atom stereocenters. The molecule has 2 aromatic rings. The monoisotopic (exact) mass is 368 g/mol. The number of carbonyl (C=O) groups excluding carboxylic acids is 2. The van der Waals surface area contributed by atoms with Gasteiger partial charge in [-0.1, -0.05) is 23.2 Å². The number of carbonyl (C=O) groups is 2. The van der Waals surface area contributed by atoms with Crippen molar-refractivity contribution in [2.45, 2.75) is 0 Å². The zero-order valence-electron chi connectivity index (χ0n) is 12.9. The van der Waals surface area contributed by atoms with E-state index >= 15 is 0 Å². The lowest BCUT2D eigenvalue weighted by molar-refractivity contribution is 0.0597. The van der Waals surface area contributed by atoms with Crippen LogP contribution in [0.3, 0.4) is 0 Å². The van der Waals surface area contributed by atoms with Gasteiger partial charge in [-0.05, 0) is 30.3 Å². The Morgan fingerprint density at radius 3 is 2.25 bits per heavy atom. The first-order valence-electron chi connectivity index (χ1n) is 6.74. The van der Waals surface area contributed by atoms with Gasteiger partial charge in [0, 0.05) is 16.8 Å². The minimum atomic E-state index is -0.592. The number of hydrogen-bond donors (Lipinski definition) is 2. The molecule has 0 fully saturated rings. The van der Waals surface area contributed by atoms with Gasteiger partial charge in [-0.2, -0.15) is 0 Å². The van der Waals surface area contributed by atoms with E-state index in [4.69, 9.17) is 27.9 Å². The summed E-state index contributed by atoms with van der Waals surface area (Å²) >= 11 is 11.9. The van der Waals surface area contributed by atoms with Crippen molar-refractivity contribution < 1.29 is 19.1 Å². The molecule has 0 unspecified atom stereocenters. The van der Waals surface area contributed by atoms with Crippen LogP contribution in [0.4, 0.5) is 16.2 Å². The number of anilines is 2. The van der Waals surface area contributed by atoms with E-state index in [0.717, 1.165) is 0 Å². The first-order chi connectivity index (χ1) is 11.4. The van der Waals surface area contributed by atoms with E-state index in [-0.39, 0.29) is 22.0 Å². The van der Waals surface area contributed by atoms with Gasteiger partial charge >= 0.3 is 12.0 Å². The summed E-state index contributed by atoms with van der Waals surface area (Å²) < 4.78 is 9.79. The highest BCUT2D eigenvalue weighted by Gasteiger charge is 2.17. The number of ether oxygens (including phenoxy) is 2. The molecule has 2 N–H and O–H groups in total. The lowest BCUT2D eigenvalue weighted by Gasteiger charge is -2.13. The second-order valence-corrected chi connectivity index (χ2v) is 5.45. The fourth-order valence-electron chi connectivity index (χ4n) is 1.91. The summed E-state index contributed by atoms with van der Waals surface area (Å²) in [7, 11) is 2.65. The highest BCUT2D eigenvalue weighted by atomic mass is 35.5. The number of nitrogens with one attached hydrogen (secondary N) is 2. The molecule has 2 amide bonds. The third-order valence-electron chi connectivity index (χ3n) is 3.04. The van der Waals surface area contributed by atoms with E-state index in [9.17, 15) is 9.59 Å². The maximum absolute atomic E-state index is 12.0. The van der Waals surface area contributed by atoms with Gasteiger partial charge in [0.25, 0.3) is 0 Å². The number of urea groups is 1. The summed E-state index contributed by atoms with van der Waals surface area (Å²) in [5.41, 5.74) is 1.01. The largest absolute Gasteiger partial charge is 0.496 e. The standard InChI is InChI=1S/C16H14Cl2N2O4/c1-23-14-8-13(12(18)7-11(14)15(21)24-2)20-16(22)19-10-5-3-9(17)4-6-10/h3-8H,1-2H3,(H2,19,20,22). The topological polar surface area (TPSA) is 76.7 Å². The zero-order valence-corrected chi connectivity index (χ0v) is 14.4. The van der Waals surface area contributed by atoms with Crippen LogP contribution in [-0.2, 0) is 4.74 Å². The summed E-state index contributed by atoms with van der Waals surface area (Å²) in [4.78, 5) is 23.7. The Kier molecular flexibility index (Phi) is 5.89. The molecule has 0 radical (unpaired) electrons. The van der Waals surface area contributed by atoms with E-state index in [1.54, 1.807) is 24.3 Å². The molecule has 24 heavy (non-hydrogen) atoms. The van der Waals surface area contributed by atoms with Gasteiger partial charge < -0.3 is 20.1 Å². The highest BCUT2D eigenvalue weighted by Crippen LogP contribution is 2.31. The number of esters is 1. The molecule has 0 saturated heterocycles. The molecule has 0 aliphatic rings.